The Hall–Kier alpha value is -1.93. The number of nitrogens with one attached hydrogen (secondary N) is 1. The van der Waals surface area contributed by atoms with Crippen molar-refractivity contribution in [1.82, 2.24) is 9.38 Å². The summed E-state index contributed by atoms with van der Waals surface area (Å²) in [6, 6.07) is 8.27. The summed E-state index contributed by atoms with van der Waals surface area (Å²) in [5.41, 5.74) is 1.02. The first-order valence-corrected chi connectivity index (χ1v) is 8.13. The molecule has 22 heavy (non-hydrogen) atoms. The van der Waals surface area contributed by atoms with Crippen LogP contribution in [0.3, 0.4) is 0 Å². The Morgan fingerprint density at radius 1 is 1.36 bits per heavy atom. The molecule has 0 fully saturated rings. The van der Waals surface area contributed by atoms with Crippen molar-refractivity contribution in [3.63, 3.8) is 0 Å². The zero-order chi connectivity index (χ0) is 15.5. The van der Waals surface area contributed by atoms with Gasteiger partial charge in [-0.3, -0.25) is 9.20 Å². The Kier molecular flexibility index (Phi) is 4.39. The lowest BCUT2D eigenvalue weighted by atomic mass is 10.3. The average molecular weight is 339 g/mol. The van der Waals surface area contributed by atoms with Gasteiger partial charge in [-0.15, -0.1) is 11.3 Å². The Bertz CT molecular complexity index is 847. The van der Waals surface area contributed by atoms with Gasteiger partial charge in [-0.05, 0) is 12.1 Å². The molecule has 3 rings (SSSR count). The van der Waals surface area contributed by atoms with E-state index in [0.717, 1.165) is 0 Å². The maximum absolute atomic E-state index is 12.5. The van der Waals surface area contributed by atoms with Gasteiger partial charge in [0.05, 0.1) is 12.2 Å². The molecule has 4 nitrogen and oxygen atoms in total. The average Bonchev–Trinajstić information content (AvgIpc) is 2.95. The topological polar surface area (TPSA) is 46.4 Å². The van der Waals surface area contributed by atoms with Gasteiger partial charge < -0.3 is 5.32 Å². The zero-order valence-corrected chi connectivity index (χ0v) is 12.8. The Balaban J connectivity index is 1.80. The van der Waals surface area contributed by atoms with Gasteiger partial charge in [0.1, 0.15) is 0 Å². The molecule has 0 bridgehead atoms. The second-order valence-corrected chi connectivity index (χ2v) is 6.27. The predicted molar refractivity (Wildman–Crippen MR) is 85.0 cm³/mol. The minimum atomic E-state index is -2.48. The zero-order valence-electron chi connectivity index (χ0n) is 11.2. The molecule has 1 N–H and O–H groups in total. The van der Waals surface area contributed by atoms with Crippen molar-refractivity contribution in [3.05, 3.63) is 58.0 Å². The van der Waals surface area contributed by atoms with Crippen LogP contribution in [0, 0.1) is 0 Å². The highest BCUT2D eigenvalue weighted by Gasteiger charge is 2.10. The number of hydrogen-bond acceptors (Lipinski definition) is 5. The molecule has 8 heteroatoms. The van der Waals surface area contributed by atoms with Crippen molar-refractivity contribution in [2.45, 2.75) is 17.2 Å². The minimum absolute atomic E-state index is 0.154. The summed E-state index contributed by atoms with van der Waals surface area (Å²) in [6.45, 7) is 0.296. The fourth-order valence-electron chi connectivity index (χ4n) is 1.98. The smallest absolute Gasteiger partial charge is 0.288 e. The van der Waals surface area contributed by atoms with E-state index in [1.807, 2.05) is 0 Å². The summed E-state index contributed by atoms with van der Waals surface area (Å²) in [5, 5.41) is 4.85. The first kappa shape index (κ1) is 15.0. The maximum atomic E-state index is 12.5. The van der Waals surface area contributed by atoms with Gasteiger partial charge in [-0.2, -0.15) is 8.78 Å². The number of rotatable bonds is 5. The van der Waals surface area contributed by atoms with E-state index in [4.69, 9.17) is 0 Å². The standard InChI is InChI=1S/C14H11F2N3OS2/c15-13(16)22-11-4-2-1-3-10(11)17-8-9-7-12(20)19-5-6-21-14(19)18-9/h1-7,13,17H,8H2. The van der Waals surface area contributed by atoms with Gasteiger partial charge in [-0.25, -0.2) is 4.98 Å². The lowest BCUT2D eigenvalue weighted by Crippen LogP contribution is -2.14. The number of alkyl halides is 2. The van der Waals surface area contributed by atoms with E-state index in [1.165, 1.54) is 21.8 Å². The highest BCUT2D eigenvalue weighted by Crippen LogP contribution is 2.31. The summed E-state index contributed by atoms with van der Waals surface area (Å²) in [4.78, 5) is 17.3. The molecule has 3 aromatic rings. The highest BCUT2D eigenvalue weighted by atomic mass is 32.2. The number of aromatic nitrogens is 2. The Morgan fingerprint density at radius 3 is 3.00 bits per heavy atom. The molecule has 0 aliphatic carbocycles. The quantitative estimate of drug-likeness (QED) is 0.720. The fraction of sp³-hybridized carbons (Fsp3) is 0.143. The number of anilines is 1. The van der Waals surface area contributed by atoms with Gasteiger partial charge in [0.25, 0.3) is 11.3 Å². The van der Waals surface area contributed by atoms with E-state index >= 15 is 0 Å². The van der Waals surface area contributed by atoms with Crippen LogP contribution in [0.2, 0.25) is 0 Å². The first-order valence-electron chi connectivity index (χ1n) is 6.37. The third-order valence-corrected chi connectivity index (χ3v) is 4.46. The van der Waals surface area contributed by atoms with Crippen LogP contribution < -0.4 is 10.9 Å². The van der Waals surface area contributed by atoms with Gasteiger partial charge in [0.2, 0.25) is 0 Å². The van der Waals surface area contributed by atoms with E-state index in [2.05, 4.69) is 10.3 Å². The number of thiazole rings is 1. The second-order valence-electron chi connectivity index (χ2n) is 4.37. The Labute approximate surface area is 132 Å². The van der Waals surface area contributed by atoms with Crippen LogP contribution in [-0.2, 0) is 6.54 Å². The van der Waals surface area contributed by atoms with Gasteiger partial charge in [0.15, 0.2) is 4.96 Å². The molecule has 2 aromatic heterocycles. The molecular formula is C14H11F2N3OS2. The summed E-state index contributed by atoms with van der Waals surface area (Å²) < 4.78 is 26.5. The van der Waals surface area contributed by atoms with E-state index in [-0.39, 0.29) is 5.56 Å². The van der Waals surface area contributed by atoms with E-state index in [9.17, 15) is 13.6 Å². The number of fused-ring (bicyclic) bond motifs is 1. The number of halogens is 2. The molecule has 0 radical (unpaired) electrons. The molecule has 2 heterocycles. The number of thioether (sulfide) groups is 1. The Morgan fingerprint density at radius 2 is 2.18 bits per heavy atom. The summed E-state index contributed by atoms with van der Waals surface area (Å²) in [6.07, 6.45) is 1.67. The summed E-state index contributed by atoms with van der Waals surface area (Å²) in [7, 11) is 0. The van der Waals surface area contributed by atoms with Crippen LogP contribution >= 0.6 is 23.1 Å². The lowest BCUT2D eigenvalue weighted by molar-refractivity contribution is 0.252. The van der Waals surface area contributed by atoms with Crippen molar-refractivity contribution in [3.8, 4) is 0 Å². The molecule has 0 atom stereocenters. The van der Waals surface area contributed by atoms with E-state index in [0.29, 0.717) is 39.5 Å². The molecule has 0 spiro atoms. The van der Waals surface area contributed by atoms with Crippen molar-refractivity contribution < 1.29 is 8.78 Å². The van der Waals surface area contributed by atoms with Gasteiger partial charge >= 0.3 is 0 Å². The molecular weight excluding hydrogens is 328 g/mol. The third-order valence-electron chi connectivity index (χ3n) is 2.92. The first-order chi connectivity index (χ1) is 10.6. The number of benzene rings is 1. The number of hydrogen-bond donors (Lipinski definition) is 1. The molecule has 0 aliphatic rings. The van der Waals surface area contributed by atoms with Crippen molar-refractivity contribution in [1.29, 1.82) is 0 Å². The summed E-state index contributed by atoms with van der Waals surface area (Å²) in [5.74, 6) is -2.48. The van der Waals surface area contributed by atoms with Gasteiger partial charge in [-0.1, -0.05) is 23.9 Å². The molecule has 1 aromatic carbocycles. The van der Waals surface area contributed by atoms with Crippen molar-refractivity contribution >= 4 is 33.7 Å². The molecule has 0 aliphatic heterocycles. The highest BCUT2D eigenvalue weighted by molar-refractivity contribution is 7.99. The normalized spacial score (nSPS) is 11.2. The van der Waals surface area contributed by atoms with Gasteiger partial charge in [0, 0.05) is 28.2 Å². The van der Waals surface area contributed by atoms with Crippen LogP contribution in [0.5, 0.6) is 0 Å². The minimum Gasteiger partial charge on any atom is -0.378 e. The third kappa shape index (κ3) is 3.28. The van der Waals surface area contributed by atoms with E-state index in [1.54, 1.807) is 35.8 Å². The van der Waals surface area contributed by atoms with Crippen LogP contribution in [0.4, 0.5) is 14.5 Å². The number of nitrogens with zero attached hydrogens (tertiary/aromatic N) is 2. The summed E-state index contributed by atoms with van der Waals surface area (Å²) >= 11 is 1.86. The van der Waals surface area contributed by atoms with Crippen LogP contribution in [0.25, 0.3) is 4.96 Å². The van der Waals surface area contributed by atoms with Crippen LogP contribution in [-0.4, -0.2) is 15.1 Å². The van der Waals surface area contributed by atoms with Crippen molar-refractivity contribution in [2.75, 3.05) is 5.32 Å². The maximum Gasteiger partial charge on any atom is 0.288 e. The van der Waals surface area contributed by atoms with Crippen molar-refractivity contribution in [2.24, 2.45) is 0 Å². The molecule has 114 valence electrons. The molecule has 0 amide bonds. The monoisotopic (exact) mass is 339 g/mol. The van der Waals surface area contributed by atoms with Crippen LogP contribution in [0.1, 0.15) is 5.69 Å². The predicted octanol–water partition coefficient (Wildman–Crippen LogP) is 3.68. The largest absolute Gasteiger partial charge is 0.378 e. The number of para-hydroxylation sites is 1. The lowest BCUT2D eigenvalue weighted by Gasteiger charge is -2.11. The van der Waals surface area contributed by atoms with Crippen LogP contribution in [0.15, 0.2) is 51.6 Å². The SMILES string of the molecule is O=c1cc(CNc2ccccc2SC(F)F)nc2sccn12. The molecule has 0 unspecified atom stereocenters. The molecule has 0 saturated heterocycles. The fourth-order valence-corrected chi connectivity index (χ4v) is 3.33. The van der Waals surface area contributed by atoms with E-state index < -0.39 is 5.76 Å². The second kappa shape index (κ2) is 6.45. The molecule has 0 saturated carbocycles.